The van der Waals surface area contributed by atoms with Crippen molar-refractivity contribution in [2.75, 3.05) is 12.4 Å². The maximum atomic E-state index is 11.8. The Kier molecular flexibility index (Phi) is 7.87. The van der Waals surface area contributed by atoms with Gasteiger partial charge in [0.2, 0.25) is 5.91 Å². The van der Waals surface area contributed by atoms with Crippen LogP contribution in [0.1, 0.15) is 35.7 Å². The van der Waals surface area contributed by atoms with Gasteiger partial charge in [-0.25, -0.2) is 0 Å². The number of benzene rings is 1. The van der Waals surface area contributed by atoms with Crippen LogP contribution in [-0.2, 0) is 4.79 Å². The molecule has 4 N–H and O–H groups in total. The summed E-state index contributed by atoms with van der Waals surface area (Å²) in [4.78, 5) is 23.5. The molecule has 0 saturated carbocycles. The van der Waals surface area contributed by atoms with Gasteiger partial charge in [0.05, 0.1) is 11.3 Å². The van der Waals surface area contributed by atoms with Crippen LogP contribution in [0.2, 0.25) is 0 Å². The van der Waals surface area contributed by atoms with Crippen LogP contribution >= 0.6 is 12.4 Å². The number of anilines is 1. The number of carbonyl (C=O) groups excluding carboxylic acids is 2. The van der Waals surface area contributed by atoms with E-state index in [1.807, 2.05) is 19.9 Å². The molecule has 1 aromatic carbocycles. The molecule has 0 spiro atoms. The van der Waals surface area contributed by atoms with E-state index >= 15 is 0 Å². The lowest BCUT2D eigenvalue weighted by atomic mass is 10.1. The third-order valence-corrected chi connectivity index (χ3v) is 2.75. The molecular formula is C14H22ClN3O2. The Morgan fingerprint density at radius 1 is 1.35 bits per heavy atom. The van der Waals surface area contributed by atoms with E-state index in [-0.39, 0.29) is 30.3 Å². The van der Waals surface area contributed by atoms with Crippen LogP contribution in [0.25, 0.3) is 0 Å². The molecule has 0 fully saturated rings. The first-order valence-corrected chi connectivity index (χ1v) is 6.32. The molecule has 6 heteroatoms. The van der Waals surface area contributed by atoms with E-state index < -0.39 is 0 Å². The summed E-state index contributed by atoms with van der Waals surface area (Å²) in [7, 11) is 1.56. The fourth-order valence-corrected chi connectivity index (χ4v) is 1.66. The van der Waals surface area contributed by atoms with Gasteiger partial charge in [0.15, 0.2) is 0 Å². The number of hydrogen-bond acceptors (Lipinski definition) is 3. The summed E-state index contributed by atoms with van der Waals surface area (Å²) >= 11 is 0. The van der Waals surface area contributed by atoms with Crippen LogP contribution in [0.15, 0.2) is 18.2 Å². The molecule has 1 unspecified atom stereocenters. The highest BCUT2D eigenvalue weighted by atomic mass is 35.5. The van der Waals surface area contributed by atoms with Gasteiger partial charge in [-0.15, -0.1) is 12.4 Å². The van der Waals surface area contributed by atoms with Gasteiger partial charge >= 0.3 is 0 Å². The minimum Gasteiger partial charge on any atom is -0.355 e. The molecule has 0 radical (unpaired) electrons. The predicted octanol–water partition coefficient (Wildman–Crippen LogP) is 1.84. The second-order valence-electron chi connectivity index (χ2n) is 4.69. The molecule has 0 saturated heterocycles. The zero-order valence-corrected chi connectivity index (χ0v) is 12.8. The molecule has 0 aliphatic rings. The van der Waals surface area contributed by atoms with Crippen LogP contribution in [0, 0.1) is 6.92 Å². The van der Waals surface area contributed by atoms with Gasteiger partial charge in [0.1, 0.15) is 0 Å². The molecule has 1 rings (SSSR count). The normalized spacial score (nSPS) is 11.2. The lowest BCUT2D eigenvalue weighted by Crippen LogP contribution is -2.23. The van der Waals surface area contributed by atoms with Crippen molar-refractivity contribution in [1.82, 2.24) is 5.32 Å². The van der Waals surface area contributed by atoms with Crippen molar-refractivity contribution in [1.29, 1.82) is 0 Å². The lowest BCUT2D eigenvalue weighted by Gasteiger charge is -2.11. The minimum atomic E-state index is -0.216. The number of hydrogen-bond donors (Lipinski definition) is 3. The molecule has 0 aliphatic heterocycles. The zero-order valence-electron chi connectivity index (χ0n) is 12.0. The van der Waals surface area contributed by atoms with Crippen LogP contribution in [0.3, 0.4) is 0 Å². The Morgan fingerprint density at radius 3 is 2.55 bits per heavy atom. The number of amides is 2. The topological polar surface area (TPSA) is 84.2 Å². The Labute approximate surface area is 125 Å². The van der Waals surface area contributed by atoms with Crippen molar-refractivity contribution < 1.29 is 9.59 Å². The third kappa shape index (κ3) is 5.59. The summed E-state index contributed by atoms with van der Waals surface area (Å²) < 4.78 is 0. The summed E-state index contributed by atoms with van der Waals surface area (Å²) in [6.07, 6.45) is 0.964. The Hall–Kier alpha value is -1.59. The van der Waals surface area contributed by atoms with Gasteiger partial charge < -0.3 is 16.4 Å². The quantitative estimate of drug-likeness (QED) is 0.775. The van der Waals surface area contributed by atoms with E-state index in [2.05, 4.69) is 10.6 Å². The zero-order chi connectivity index (χ0) is 14.4. The molecular weight excluding hydrogens is 278 g/mol. The van der Waals surface area contributed by atoms with Crippen molar-refractivity contribution >= 4 is 29.9 Å². The highest BCUT2D eigenvalue weighted by Gasteiger charge is 2.12. The number of nitrogens with two attached hydrogens (primary N) is 1. The number of nitrogens with one attached hydrogen (secondary N) is 2. The monoisotopic (exact) mass is 299 g/mol. The predicted molar refractivity (Wildman–Crippen MR) is 83.3 cm³/mol. The number of rotatable bonds is 5. The van der Waals surface area contributed by atoms with Crippen LogP contribution in [0.4, 0.5) is 5.69 Å². The smallest absolute Gasteiger partial charge is 0.253 e. The first-order chi connectivity index (χ1) is 8.93. The number of carbonyl (C=O) groups is 2. The van der Waals surface area contributed by atoms with E-state index in [1.165, 1.54) is 0 Å². The molecule has 20 heavy (non-hydrogen) atoms. The van der Waals surface area contributed by atoms with Crippen LogP contribution in [-0.4, -0.2) is 24.9 Å². The van der Waals surface area contributed by atoms with Gasteiger partial charge in [-0.2, -0.15) is 0 Å². The SMILES string of the molecule is CNC(=O)c1cc(C)ccc1NC(=O)CCC(C)N.Cl. The fraction of sp³-hybridized carbons (Fsp3) is 0.429. The van der Waals surface area contributed by atoms with E-state index in [1.54, 1.807) is 19.2 Å². The highest BCUT2D eigenvalue weighted by Crippen LogP contribution is 2.17. The summed E-state index contributed by atoms with van der Waals surface area (Å²) in [6.45, 7) is 3.75. The maximum Gasteiger partial charge on any atom is 0.253 e. The van der Waals surface area contributed by atoms with E-state index in [0.29, 0.717) is 24.1 Å². The average molecular weight is 300 g/mol. The third-order valence-electron chi connectivity index (χ3n) is 2.75. The average Bonchev–Trinajstić information content (AvgIpc) is 2.37. The first kappa shape index (κ1) is 18.4. The van der Waals surface area contributed by atoms with Gasteiger partial charge in [0, 0.05) is 19.5 Å². The summed E-state index contributed by atoms with van der Waals surface area (Å²) in [5.41, 5.74) is 7.57. The molecule has 0 aliphatic carbocycles. The highest BCUT2D eigenvalue weighted by molar-refractivity contribution is 6.03. The lowest BCUT2D eigenvalue weighted by molar-refractivity contribution is -0.116. The number of halogens is 1. The standard InChI is InChI=1S/C14H21N3O2.ClH/c1-9-4-6-12(11(8-9)14(19)16-3)17-13(18)7-5-10(2)15;/h4,6,8,10H,5,7,15H2,1-3H3,(H,16,19)(H,17,18);1H. The first-order valence-electron chi connectivity index (χ1n) is 6.32. The largest absolute Gasteiger partial charge is 0.355 e. The number of aryl methyl sites for hydroxylation is 1. The molecule has 0 heterocycles. The van der Waals surface area contributed by atoms with Crippen molar-refractivity contribution in [3.05, 3.63) is 29.3 Å². The van der Waals surface area contributed by atoms with E-state index in [4.69, 9.17) is 5.73 Å². The van der Waals surface area contributed by atoms with Crippen molar-refractivity contribution in [3.8, 4) is 0 Å². The molecule has 2 amide bonds. The Balaban J connectivity index is 0.00000361. The fourth-order valence-electron chi connectivity index (χ4n) is 1.66. The van der Waals surface area contributed by atoms with Crippen LogP contribution < -0.4 is 16.4 Å². The molecule has 0 bridgehead atoms. The molecule has 1 aromatic rings. The maximum absolute atomic E-state index is 11.8. The van der Waals surface area contributed by atoms with Gasteiger partial charge in [0.25, 0.3) is 5.91 Å². The second-order valence-corrected chi connectivity index (χ2v) is 4.69. The second kappa shape index (κ2) is 8.55. The van der Waals surface area contributed by atoms with E-state index in [0.717, 1.165) is 5.56 Å². The van der Waals surface area contributed by atoms with Gasteiger partial charge in [-0.3, -0.25) is 9.59 Å². The summed E-state index contributed by atoms with van der Waals surface area (Å²) in [6, 6.07) is 5.33. The summed E-state index contributed by atoms with van der Waals surface area (Å²) in [5.74, 6) is -0.350. The van der Waals surface area contributed by atoms with E-state index in [9.17, 15) is 9.59 Å². The van der Waals surface area contributed by atoms with Crippen LogP contribution in [0.5, 0.6) is 0 Å². The molecule has 112 valence electrons. The Morgan fingerprint density at radius 2 is 2.00 bits per heavy atom. The summed E-state index contributed by atoms with van der Waals surface area (Å²) in [5, 5.41) is 5.32. The van der Waals surface area contributed by atoms with Crippen molar-refractivity contribution in [3.63, 3.8) is 0 Å². The molecule has 0 aromatic heterocycles. The van der Waals surface area contributed by atoms with Gasteiger partial charge in [-0.05, 0) is 32.4 Å². The molecule has 5 nitrogen and oxygen atoms in total. The van der Waals surface area contributed by atoms with Crippen molar-refractivity contribution in [2.45, 2.75) is 32.7 Å². The minimum absolute atomic E-state index is 0. The van der Waals surface area contributed by atoms with Gasteiger partial charge in [-0.1, -0.05) is 11.6 Å². The Bertz CT molecular complexity index is 475. The van der Waals surface area contributed by atoms with Crippen molar-refractivity contribution in [2.24, 2.45) is 5.73 Å². The molecule has 1 atom stereocenters.